The summed E-state index contributed by atoms with van der Waals surface area (Å²) in [6.45, 7) is 6.88. The van der Waals surface area contributed by atoms with Crippen molar-refractivity contribution < 1.29 is 14.4 Å². The predicted molar refractivity (Wildman–Crippen MR) is 137 cm³/mol. The Morgan fingerprint density at radius 2 is 2.09 bits per heavy atom. The fraction of sp³-hybridized carbons (Fsp3) is 0.538. The summed E-state index contributed by atoms with van der Waals surface area (Å²) in [7, 11) is 3.66. The summed E-state index contributed by atoms with van der Waals surface area (Å²) in [5.74, 6) is -0.454. The number of benzene rings is 1. The van der Waals surface area contributed by atoms with Gasteiger partial charge in [-0.3, -0.25) is 14.4 Å². The molecule has 1 spiro atoms. The molecule has 2 fully saturated rings. The summed E-state index contributed by atoms with van der Waals surface area (Å²) >= 11 is 0. The highest BCUT2D eigenvalue weighted by Gasteiger charge is 2.52. The molecule has 2 aliphatic rings. The zero-order valence-corrected chi connectivity index (χ0v) is 21.3. The van der Waals surface area contributed by atoms with E-state index in [0.29, 0.717) is 31.5 Å². The third-order valence-electron chi connectivity index (χ3n) is 7.55. The fourth-order valence-electron chi connectivity index (χ4n) is 5.71. The molecule has 8 nitrogen and oxygen atoms in total. The summed E-state index contributed by atoms with van der Waals surface area (Å²) in [5.41, 5.74) is 2.79. The van der Waals surface area contributed by atoms with Crippen molar-refractivity contribution >= 4 is 41.9 Å². The Hall–Kier alpha value is -3.28. The number of amides is 3. The molecule has 1 aromatic carbocycles. The molecule has 4 rings (SSSR count). The van der Waals surface area contributed by atoms with Gasteiger partial charge in [0.25, 0.3) is 5.91 Å². The second-order valence-corrected chi connectivity index (χ2v) is 10.7. The Morgan fingerprint density at radius 3 is 2.74 bits per heavy atom. The third kappa shape index (κ3) is 4.54. The van der Waals surface area contributed by atoms with Gasteiger partial charge in [0.1, 0.15) is 25.6 Å². The van der Waals surface area contributed by atoms with Gasteiger partial charge in [0.05, 0.1) is 11.5 Å². The molecule has 0 radical (unpaired) electrons. The largest absolute Gasteiger partial charge is 0.356 e. The zero-order valence-electron chi connectivity index (χ0n) is 21.3. The van der Waals surface area contributed by atoms with E-state index in [9.17, 15) is 19.6 Å². The van der Waals surface area contributed by atoms with Crippen LogP contribution in [0.3, 0.4) is 0 Å². The molecule has 9 heteroatoms. The minimum atomic E-state index is -0.727. The smallest absolute Gasteiger partial charge is 0.270 e. The van der Waals surface area contributed by atoms with Crippen LogP contribution in [0, 0.1) is 29.6 Å². The molecule has 2 aliphatic heterocycles. The van der Waals surface area contributed by atoms with Gasteiger partial charge < -0.3 is 20.1 Å². The first-order chi connectivity index (χ1) is 16.6. The van der Waals surface area contributed by atoms with Crippen LogP contribution >= 0.6 is 0 Å². The van der Waals surface area contributed by atoms with E-state index in [1.165, 1.54) is 4.90 Å². The summed E-state index contributed by atoms with van der Waals surface area (Å²) in [6, 6.07) is 6.76. The SMILES string of the molecule is Bc1cc(C)cc2[nH]c(C(=O)N(C)C(CC(C)C)C(=O)N3C[C@]4(CCCNC4=O)CC3C#N)cc12. The highest BCUT2D eigenvalue weighted by Crippen LogP contribution is 2.41. The maximum Gasteiger partial charge on any atom is 0.270 e. The first kappa shape index (κ1) is 24.8. The zero-order chi connectivity index (χ0) is 25.5. The normalized spacial score (nSPS) is 22.9. The topological polar surface area (TPSA) is 109 Å². The van der Waals surface area contributed by atoms with Gasteiger partial charge in [-0.1, -0.05) is 25.4 Å². The second-order valence-electron chi connectivity index (χ2n) is 10.7. The Morgan fingerprint density at radius 1 is 1.34 bits per heavy atom. The lowest BCUT2D eigenvalue weighted by molar-refractivity contribution is -0.138. The molecular formula is C26H34BN5O3. The lowest BCUT2D eigenvalue weighted by Crippen LogP contribution is -2.52. The number of fused-ring (bicyclic) bond motifs is 1. The maximum atomic E-state index is 13.9. The highest BCUT2D eigenvalue weighted by molar-refractivity contribution is 6.39. The number of likely N-dealkylation sites (N-methyl/N-ethyl adjacent to an activating group) is 1. The molecule has 0 bridgehead atoms. The molecule has 3 heterocycles. The number of nitrogens with one attached hydrogen (secondary N) is 2. The number of carbonyl (C=O) groups is 3. The van der Waals surface area contributed by atoms with Gasteiger partial charge in [0.15, 0.2) is 0 Å². The van der Waals surface area contributed by atoms with Crippen LogP contribution in [0.2, 0.25) is 0 Å². The van der Waals surface area contributed by atoms with Gasteiger partial charge in [-0.2, -0.15) is 5.26 Å². The fourth-order valence-corrected chi connectivity index (χ4v) is 5.71. The average Bonchev–Trinajstić information content (AvgIpc) is 3.40. The number of hydrogen-bond acceptors (Lipinski definition) is 4. The number of nitriles is 1. The van der Waals surface area contributed by atoms with Crippen molar-refractivity contribution in [1.29, 1.82) is 5.26 Å². The van der Waals surface area contributed by atoms with Crippen molar-refractivity contribution in [3.05, 3.63) is 29.5 Å². The van der Waals surface area contributed by atoms with Gasteiger partial charge >= 0.3 is 0 Å². The lowest BCUT2D eigenvalue weighted by Gasteiger charge is -2.34. The van der Waals surface area contributed by atoms with Crippen molar-refractivity contribution in [2.45, 2.75) is 58.5 Å². The van der Waals surface area contributed by atoms with E-state index in [1.807, 2.05) is 40.8 Å². The first-order valence-corrected chi connectivity index (χ1v) is 12.4. The molecule has 0 saturated carbocycles. The summed E-state index contributed by atoms with van der Waals surface area (Å²) in [5, 5.41) is 13.7. The number of hydrogen-bond donors (Lipinski definition) is 2. The number of aromatic amines is 1. The van der Waals surface area contributed by atoms with Gasteiger partial charge in [0, 0.05) is 25.7 Å². The van der Waals surface area contributed by atoms with Crippen LogP contribution in [-0.4, -0.2) is 72.6 Å². The number of aryl methyl sites for hydroxylation is 1. The van der Waals surface area contributed by atoms with E-state index in [2.05, 4.69) is 22.4 Å². The standard InChI is InChI=1S/C26H34BN5O3/c1-15(2)8-22(24(34)32-14-26(12-17(32)13-28)6-5-7-29-25(26)35)31(4)23(33)21-11-18-19(27)9-16(3)10-20(18)30-21/h9-11,15,17,22,30H,5-8,12,14,27H2,1-4H3,(H,29,35)/t17?,22?,26-/m0/s1. The van der Waals surface area contributed by atoms with E-state index < -0.39 is 17.5 Å². The van der Waals surface area contributed by atoms with Crippen LogP contribution in [0.1, 0.15) is 55.6 Å². The Balaban J connectivity index is 1.62. The Kier molecular flexibility index (Phi) is 6.67. The molecule has 184 valence electrons. The first-order valence-electron chi connectivity index (χ1n) is 12.4. The van der Waals surface area contributed by atoms with Crippen molar-refractivity contribution in [2.24, 2.45) is 11.3 Å². The van der Waals surface area contributed by atoms with E-state index in [0.717, 1.165) is 28.4 Å². The van der Waals surface area contributed by atoms with Crippen molar-refractivity contribution in [3.8, 4) is 6.07 Å². The highest BCUT2D eigenvalue weighted by atomic mass is 16.2. The summed E-state index contributed by atoms with van der Waals surface area (Å²) in [4.78, 5) is 46.4. The minimum Gasteiger partial charge on any atom is -0.356 e. The van der Waals surface area contributed by atoms with Gasteiger partial charge in [0.2, 0.25) is 11.8 Å². The van der Waals surface area contributed by atoms with E-state index >= 15 is 0 Å². The van der Waals surface area contributed by atoms with Crippen LogP contribution in [0.15, 0.2) is 18.2 Å². The Bertz CT molecular complexity index is 1220. The predicted octanol–water partition coefficient (Wildman–Crippen LogP) is 1.24. The molecular weight excluding hydrogens is 441 g/mol. The molecule has 35 heavy (non-hydrogen) atoms. The van der Waals surface area contributed by atoms with Crippen molar-refractivity contribution in [2.75, 3.05) is 20.1 Å². The third-order valence-corrected chi connectivity index (χ3v) is 7.55. The van der Waals surface area contributed by atoms with E-state index in [-0.39, 0.29) is 30.2 Å². The molecule has 3 atom stereocenters. The number of aromatic nitrogens is 1. The number of piperidine rings is 1. The summed E-state index contributed by atoms with van der Waals surface area (Å²) in [6.07, 6.45) is 2.30. The van der Waals surface area contributed by atoms with E-state index in [4.69, 9.17) is 0 Å². The van der Waals surface area contributed by atoms with Crippen LogP contribution < -0.4 is 10.8 Å². The van der Waals surface area contributed by atoms with Gasteiger partial charge in [-0.25, -0.2) is 0 Å². The quantitative estimate of drug-likeness (QED) is 0.635. The number of H-pyrrole nitrogens is 1. The van der Waals surface area contributed by atoms with Crippen molar-refractivity contribution in [3.63, 3.8) is 0 Å². The molecule has 2 N–H and O–H groups in total. The number of likely N-dealkylation sites (tertiary alicyclic amines) is 1. The lowest BCUT2D eigenvalue weighted by atomic mass is 9.78. The number of nitrogens with zero attached hydrogens (tertiary/aromatic N) is 3. The van der Waals surface area contributed by atoms with Crippen molar-refractivity contribution in [1.82, 2.24) is 20.1 Å². The summed E-state index contributed by atoms with van der Waals surface area (Å²) < 4.78 is 0. The van der Waals surface area contributed by atoms with Crippen LogP contribution in [0.4, 0.5) is 0 Å². The molecule has 2 unspecified atom stereocenters. The maximum absolute atomic E-state index is 13.9. The Labute approximate surface area is 207 Å². The van der Waals surface area contributed by atoms with Crippen LogP contribution in [0.5, 0.6) is 0 Å². The van der Waals surface area contributed by atoms with Gasteiger partial charge in [-0.05, 0) is 61.6 Å². The molecule has 0 aliphatic carbocycles. The number of carbonyl (C=O) groups excluding carboxylic acids is 3. The van der Waals surface area contributed by atoms with Gasteiger partial charge in [-0.15, -0.1) is 0 Å². The van der Waals surface area contributed by atoms with E-state index in [1.54, 1.807) is 11.9 Å². The number of rotatable bonds is 5. The van der Waals surface area contributed by atoms with Crippen LogP contribution in [0.25, 0.3) is 10.9 Å². The monoisotopic (exact) mass is 475 g/mol. The molecule has 3 amide bonds. The molecule has 1 aromatic heterocycles. The minimum absolute atomic E-state index is 0.0760. The second kappa shape index (κ2) is 9.41. The molecule has 2 saturated heterocycles. The average molecular weight is 475 g/mol. The molecule has 2 aromatic rings. The van der Waals surface area contributed by atoms with Crippen LogP contribution in [-0.2, 0) is 9.59 Å².